The second-order valence-corrected chi connectivity index (χ2v) is 29.6. The molecule has 0 bridgehead atoms. The summed E-state index contributed by atoms with van der Waals surface area (Å²) in [4.78, 5) is 72.5. The monoisotopic (exact) mass is 1310 g/mol. The quantitative estimate of drug-likeness (QED) is 0.0222. The van der Waals surface area contributed by atoms with Crippen LogP contribution in [0.4, 0.5) is 0 Å². The molecule has 3 N–H and O–H groups in total. The minimum absolute atomic E-state index is 0.103. The number of ether oxygens (including phenoxy) is 4. The van der Waals surface area contributed by atoms with Crippen LogP contribution in [0.25, 0.3) is 0 Å². The van der Waals surface area contributed by atoms with E-state index in [4.69, 9.17) is 37.0 Å². The Hall–Kier alpha value is -1.94. The van der Waals surface area contributed by atoms with Crippen molar-refractivity contribution in [2.75, 3.05) is 39.6 Å². The van der Waals surface area contributed by atoms with Crippen molar-refractivity contribution in [1.82, 2.24) is 0 Å². The Morgan fingerprint density at radius 2 is 0.539 bits per heavy atom. The summed E-state index contributed by atoms with van der Waals surface area (Å²) in [5.41, 5.74) is 0. The zero-order chi connectivity index (χ0) is 66.1. The molecule has 0 spiro atoms. The number of aliphatic hydroxyl groups excluding tert-OH is 1. The first-order valence-corrected chi connectivity index (χ1v) is 39.3. The lowest BCUT2D eigenvalue weighted by molar-refractivity contribution is -0.161. The van der Waals surface area contributed by atoms with Crippen molar-refractivity contribution in [2.24, 2.45) is 23.7 Å². The number of esters is 4. The standard InChI is InChI=1S/C70H136O17P2/c1-9-62(7)48-40-32-23-18-20-25-34-42-50-67(72)80-56-65(86-69(74)52-44-36-26-17-15-13-11-12-14-16-22-30-38-46-60(3)4)58-84-88(76,77)82-54-64(71)55-83-89(78,79)85-59-66(57-81-68(73)51-43-35-29-28-31-39-47-61(5)6)87-70(75)53-45-37-27-21-19-24-33-41-49-63(8)10-2/h60-66,71H,9-59H2,1-8H3,(H,76,77)(H,78,79)/t62?,63?,64-,65-,66-/m1/s1. The number of unbranched alkanes of at least 4 members (excludes halogenated alkanes) is 31. The molecule has 0 aliphatic rings. The molecule has 17 nitrogen and oxygen atoms in total. The van der Waals surface area contributed by atoms with Gasteiger partial charge >= 0.3 is 39.5 Å². The number of rotatable bonds is 67. The van der Waals surface area contributed by atoms with Gasteiger partial charge in [0.15, 0.2) is 12.2 Å². The third-order valence-electron chi connectivity index (χ3n) is 16.8. The van der Waals surface area contributed by atoms with Gasteiger partial charge in [-0.3, -0.25) is 37.3 Å². The average Bonchev–Trinajstić information content (AvgIpc) is 3.69. The van der Waals surface area contributed by atoms with Crippen LogP contribution in [-0.2, 0) is 65.4 Å². The fourth-order valence-electron chi connectivity index (χ4n) is 10.4. The summed E-state index contributed by atoms with van der Waals surface area (Å²) in [6.07, 6.45) is 41.7. The highest BCUT2D eigenvalue weighted by Gasteiger charge is 2.30. The minimum Gasteiger partial charge on any atom is -0.462 e. The molecule has 0 saturated heterocycles. The van der Waals surface area contributed by atoms with Crippen molar-refractivity contribution in [1.29, 1.82) is 0 Å². The highest BCUT2D eigenvalue weighted by Crippen LogP contribution is 2.45. The van der Waals surface area contributed by atoms with E-state index in [0.29, 0.717) is 31.6 Å². The molecule has 0 fully saturated rings. The lowest BCUT2D eigenvalue weighted by Crippen LogP contribution is -2.30. The van der Waals surface area contributed by atoms with E-state index in [-0.39, 0.29) is 25.7 Å². The number of aliphatic hydroxyl groups is 1. The number of carbonyl (C=O) groups is 4. The summed E-state index contributed by atoms with van der Waals surface area (Å²) in [5.74, 6) is 0.881. The van der Waals surface area contributed by atoms with E-state index < -0.39 is 97.5 Å². The normalized spacial score (nSPS) is 14.9. The summed E-state index contributed by atoms with van der Waals surface area (Å²) in [6, 6.07) is 0. The van der Waals surface area contributed by atoms with Gasteiger partial charge in [0.2, 0.25) is 0 Å². The molecular formula is C70H136O17P2. The molecule has 0 radical (unpaired) electrons. The summed E-state index contributed by atoms with van der Waals surface area (Å²) < 4.78 is 68.3. The predicted molar refractivity (Wildman–Crippen MR) is 358 cm³/mol. The number of hydrogen-bond acceptors (Lipinski definition) is 15. The average molecular weight is 1310 g/mol. The van der Waals surface area contributed by atoms with Crippen molar-refractivity contribution in [3.63, 3.8) is 0 Å². The van der Waals surface area contributed by atoms with Crippen LogP contribution in [0, 0.1) is 23.7 Å². The van der Waals surface area contributed by atoms with E-state index >= 15 is 0 Å². The summed E-state index contributed by atoms with van der Waals surface area (Å²) in [5, 5.41) is 10.6. The van der Waals surface area contributed by atoms with E-state index in [9.17, 15) is 43.2 Å². The summed E-state index contributed by atoms with van der Waals surface area (Å²) in [6.45, 7) is 14.1. The molecule has 0 aliphatic heterocycles. The van der Waals surface area contributed by atoms with Crippen molar-refractivity contribution < 1.29 is 80.2 Å². The maximum Gasteiger partial charge on any atom is 0.472 e. The highest BCUT2D eigenvalue weighted by molar-refractivity contribution is 7.47. The Morgan fingerprint density at radius 1 is 0.315 bits per heavy atom. The van der Waals surface area contributed by atoms with Gasteiger partial charge < -0.3 is 33.8 Å². The Kier molecular flexibility index (Phi) is 58.5. The molecule has 7 atom stereocenters. The van der Waals surface area contributed by atoms with Gasteiger partial charge in [0.05, 0.1) is 26.4 Å². The second-order valence-electron chi connectivity index (χ2n) is 26.7. The van der Waals surface area contributed by atoms with Crippen molar-refractivity contribution >= 4 is 39.5 Å². The molecule has 19 heteroatoms. The second kappa shape index (κ2) is 59.8. The fourth-order valence-corrected chi connectivity index (χ4v) is 12.0. The largest absolute Gasteiger partial charge is 0.472 e. The first kappa shape index (κ1) is 87.1. The van der Waals surface area contributed by atoms with Crippen molar-refractivity contribution in [3.05, 3.63) is 0 Å². The minimum atomic E-state index is -4.95. The Balaban J connectivity index is 5.26. The van der Waals surface area contributed by atoms with Gasteiger partial charge in [-0.2, -0.15) is 0 Å². The van der Waals surface area contributed by atoms with Crippen molar-refractivity contribution in [3.8, 4) is 0 Å². The number of phosphoric acid groups is 2. The number of phosphoric ester groups is 2. The Labute approximate surface area is 543 Å². The van der Waals surface area contributed by atoms with Crippen LogP contribution in [0.2, 0.25) is 0 Å². The van der Waals surface area contributed by atoms with Gasteiger partial charge in [-0.25, -0.2) is 9.13 Å². The molecule has 0 amide bonds. The van der Waals surface area contributed by atoms with Crippen LogP contribution in [0.15, 0.2) is 0 Å². The molecule has 0 rings (SSSR count). The smallest absolute Gasteiger partial charge is 0.462 e. The first-order valence-electron chi connectivity index (χ1n) is 36.3. The van der Waals surface area contributed by atoms with E-state index in [2.05, 4.69) is 55.4 Å². The molecule has 528 valence electrons. The molecule has 0 heterocycles. The Morgan fingerprint density at radius 3 is 0.798 bits per heavy atom. The van der Waals surface area contributed by atoms with Crippen LogP contribution in [-0.4, -0.2) is 96.7 Å². The molecule has 0 aromatic carbocycles. The SMILES string of the molecule is CCC(C)CCCCCCCCCCC(=O)OC[C@H](COP(=O)(O)OC[C@@H](O)COP(=O)(O)OC[C@@H](COC(=O)CCCCCCCCC(C)C)OC(=O)CCCCCCCCCCC(C)CC)OC(=O)CCCCCCCCCCCCCCCC(C)C. The number of carbonyl (C=O) groups excluding carboxylic acids is 4. The molecule has 4 unspecified atom stereocenters. The maximum absolute atomic E-state index is 13.0. The van der Waals surface area contributed by atoms with E-state index in [1.165, 1.54) is 141 Å². The molecule has 0 aliphatic carbocycles. The lowest BCUT2D eigenvalue weighted by Gasteiger charge is -2.21. The van der Waals surface area contributed by atoms with Gasteiger partial charge in [-0.1, -0.05) is 293 Å². The van der Waals surface area contributed by atoms with Gasteiger partial charge in [-0.05, 0) is 49.4 Å². The third-order valence-corrected chi connectivity index (χ3v) is 18.7. The predicted octanol–water partition coefficient (Wildman–Crippen LogP) is 19.7. The van der Waals surface area contributed by atoms with Crippen LogP contribution in [0.1, 0.15) is 344 Å². The molecule has 0 aromatic rings. The van der Waals surface area contributed by atoms with Gasteiger partial charge in [0.25, 0.3) is 0 Å². The van der Waals surface area contributed by atoms with Gasteiger partial charge in [-0.15, -0.1) is 0 Å². The van der Waals surface area contributed by atoms with Gasteiger partial charge in [0, 0.05) is 25.7 Å². The van der Waals surface area contributed by atoms with Crippen molar-refractivity contribution in [2.45, 2.75) is 363 Å². The zero-order valence-corrected chi connectivity index (χ0v) is 59.8. The fraction of sp³-hybridized carbons (Fsp3) is 0.943. The molecule has 89 heavy (non-hydrogen) atoms. The molecule has 0 saturated carbocycles. The Bertz CT molecular complexity index is 1770. The molecular weight excluding hydrogens is 1170 g/mol. The van der Waals surface area contributed by atoms with E-state index in [1.807, 2.05) is 0 Å². The van der Waals surface area contributed by atoms with Crippen LogP contribution in [0.5, 0.6) is 0 Å². The topological polar surface area (TPSA) is 237 Å². The van der Waals surface area contributed by atoms with E-state index in [1.54, 1.807) is 0 Å². The van der Waals surface area contributed by atoms with Crippen LogP contribution in [0.3, 0.4) is 0 Å². The summed E-state index contributed by atoms with van der Waals surface area (Å²) >= 11 is 0. The van der Waals surface area contributed by atoms with Crippen LogP contribution < -0.4 is 0 Å². The van der Waals surface area contributed by atoms with E-state index in [0.717, 1.165) is 114 Å². The third kappa shape index (κ3) is 62.0. The first-order chi connectivity index (χ1) is 42.7. The van der Waals surface area contributed by atoms with Crippen LogP contribution >= 0.6 is 15.6 Å². The summed E-state index contributed by atoms with van der Waals surface area (Å²) in [7, 11) is -9.90. The number of hydrogen-bond donors (Lipinski definition) is 3. The maximum atomic E-state index is 13.0. The zero-order valence-electron chi connectivity index (χ0n) is 58.1. The highest BCUT2D eigenvalue weighted by atomic mass is 31.2. The lowest BCUT2D eigenvalue weighted by atomic mass is 9.99. The molecule has 0 aromatic heterocycles. The van der Waals surface area contributed by atoms with Gasteiger partial charge in [0.1, 0.15) is 19.3 Å².